The Kier molecular flexibility index (Phi) is 9.88. The van der Waals surface area contributed by atoms with Gasteiger partial charge in [-0.3, -0.25) is 14.4 Å². The van der Waals surface area contributed by atoms with Gasteiger partial charge in [-0.25, -0.2) is 9.59 Å². The normalized spacial score (nSPS) is 25.4. The number of ketones is 1. The van der Waals surface area contributed by atoms with Crippen molar-refractivity contribution in [3.8, 4) is 11.5 Å². The molecule has 0 spiro atoms. The number of carbonyl (C=O) groups is 5. The highest BCUT2D eigenvalue weighted by Gasteiger charge is 2.47. The molecule has 0 aliphatic carbocycles. The minimum Gasteiger partial charge on any atom is -0.504 e. The number of hydrogen-bond donors (Lipinski definition) is 3. The van der Waals surface area contributed by atoms with Crippen LogP contribution < -0.4 is 5.32 Å². The molecule has 0 bridgehead atoms. The monoisotopic (exact) mass is 535 g/mol. The molecular formula is C27H37NO10. The first-order chi connectivity index (χ1) is 17.6. The molecule has 5 unspecified atom stereocenters. The summed E-state index contributed by atoms with van der Waals surface area (Å²) in [4.78, 5) is 65.9. The molecule has 38 heavy (non-hydrogen) atoms. The molecule has 0 saturated carbocycles. The second kappa shape index (κ2) is 12.3. The Morgan fingerprint density at radius 2 is 1.66 bits per heavy atom. The van der Waals surface area contributed by atoms with Gasteiger partial charge in [0, 0.05) is 5.92 Å². The summed E-state index contributed by atoms with van der Waals surface area (Å²) in [7, 11) is 0. The standard InChI is InChI=1S/C27H37NO10/c1-8-14(4)21-25(34)37-18(12-13(2)3)22(31)27(6,7)26(35)36-15(5)19(24(33)38-21)28-23(32)16-10-9-11-17(29)20(16)30/h9-11,13-15,18-19,21,29-30H,8,12H2,1-7H3,(H,28,32). The molecule has 1 aliphatic rings. The van der Waals surface area contributed by atoms with E-state index < -0.39 is 76.8 Å². The number of Topliss-reactive ketones (excluding diaryl/α,β-unsaturated/α-hetero) is 1. The Morgan fingerprint density at radius 1 is 1.03 bits per heavy atom. The van der Waals surface area contributed by atoms with Gasteiger partial charge in [0.15, 0.2) is 29.4 Å². The molecule has 0 aromatic heterocycles. The molecule has 1 fully saturated rings. The number of hydrogen-bond acceptors (Lipinski definition) is 10. The number of benzene rings is 1. The number of aromatic hydroxyl groups is 2. The molecule has 2 rings (SSSR count). The summed E-state index contributed by atoms with van der Waals surface area (Å²) < 4.78 is 16.5. The van der Waals surface area contributed by atoms with Crippen LogP contribution in [0.3, 0.4) is 0 Å². The minimum absolute atomic E-state index is 0.0616. The molecule has 1 amide bonds. The molecule has 210 valence electrons. The van der Waals surface area contributed by atoms with Crippen LogP contribution in [0.5, 0.6) is 11.5 Å². The highest BCUT2D eigenvalue weighted by atomic mass is 16.6. The molecular weight excluding hydrogens is 498 g/mol. The Labute approximate surface area is 221 Å². The van der Waals surface area contributed by atoms with Gasteiger partial charge in [0.1, 0.15) is 11.5 Å². The van der Waals surface area contributed by atoms with Crippen molar-refractivity contribution in [3.05, 3.63) is 23.8 Å². The van der Waals surface area contributed by atoms with Crippen LogP contribution in [0.2, 0.25) is 0 Å². The number of phenols is 2. The van der Waals surface area contributed by atoms with Gasteiger partial charge in [0.2, 0.25) is 6.10 Å². The largest absolute Gasteiger partial charge is 0.504 e. The second-order valence-corrected chi connectivity index (χ2v) is 10.5. The highest BCUT2D eigenvalue weighted by molar-refractivity contribution is 6.06. The van der Waals surface area contributed by atoms with Gasteiger partial charge >= 0.3 is 17.9 Å². The topological polar surface area (TPSA) is 166 Å². The van der Waals surface area contributed by atoms with Gasteiger partial charge in [-0.1, -0.05) is 33.8 Å². The van der Waals surface area contributed by atoms with Crippen molar-refractivity contribution in [3.63, 3.8) is 0 Å². The summed E-state index contributed by atoms with van der Waals surface area (Å²) >= 11 is 0. The van der Waals surface area contributed by atoms with E-state index in [0.29, 0.717) is 6.42 Å². The summed E-state index contributed by atoms with van der Waals surface area (Å²) in [5, 5.41) is 22.2. The molecule has 3 N–H and O–H groups in total. The molecule has 11 nitrogen and oxygen atoms in total. The van der Waals surface area contributed by atoms with Crippen LogP contribution in [0, 0.1) is 17.3 Å². The molecule has 1 aromatic rings. The molecule has 1 aliphatic heterocycles. The van der Waals surface area contributed by atoms with Crippen LogP contribution in [0.4, 0.5) is 0 Å². The summed E-state index contributed by atoms with van der Waals surface area (Å²) in [6.07, 6.45) is -3.46. The van der Waals surface area contributed by atoms with Crippen molar-refractivity contribution in [2.24, 2.45) is 17.3 Å². The predicted molar refractivity (Wildman–Crippen MR) is 134 cm³/mol. The molecule has 1 aromatic carbocycles. The average molecular weight is 536 g/mol. The number of para-hydroxylation sites is 1. The lowest BCUT2D eigenvalue weighted by Crippen LogP contribution is -2.54. The first-order valence-electron chi connectivity index (χ1n) is 12.6. The van der Waals surface area contributed by atoms with E-state index in [2.05, 4.69) is 5.32 Å². The summed E-state index contributed by atoms with van der Waals surface area (Å²) in [6.45, 7) is 11.1. The van der Waals surface area contributed by atoms with E-state index in [4.69, 9.17) is 14.2 Å². The predicted octanol–water partition coefficient (Wildman–Crippen LogP) is 2.65. The number of carbonyl (C=O) groups excluding carboxylic acids is 5. The van der Waals surface area contributed by atoms with Crippen LogP contribution in [0.15, 0.2) is 18.2 Å². The number of amides is 1. The number of ether oxygens (including phenoxy) is 3. The van der Waals surface area contributed by atoms with Gasteiger partial charge in [-0.2, -0.15) is 0 Å². The number of cyclic esters (lactones) is 3. The third-order valence-electron chi connectivity index (χ3n) is 6.56. The maximum Gasteiger partial charge on any atom is 0.348 e. The first kappa shape index (κ1) is 30.6. The number of phenolic OH excluding ortho intramolecular Hbond substituents is 2. The zero-order chi connectivity index (χ0) is 28.9. The molecule has 1 saturated heterocycles. The fraction of sp³-hybridized carbons (Fsp3) is 0.593. The Morgan fingerprint density at radius 3 is 2.24 bits per heavy atom. The second-order valence-electron chi connectivity index (χ2n) is 10.5. The average Bonchev–Trinajstić information content (AvgIpc) is 2.84. The minimum atomic E-state index is -1.75. The van der Waals surface area contributed by atoms with Crippen LogP contribution in [-0.2, 0) is 33.4 Å². The van der Waals surface area contributed by atoms with Crippen LogP contribution >= 0.6 is 0 Å². The van der Waals surface area contributed by atoms with E-state index in [9.17, 15) is 34.2 Å². The SMILES string of the molecule is CCC(C)C1OC(=O)C(NC(=O)c2cccc(O)c2O)C(C)OC(=O)C(C)(C)C(=O)C(CC(C)C)OC1=O. The van der Waals surface area contributed by atoms with Gasteiger partial charge in [-0.05, 0) is 51.7 Å². The zero-order valence-corrected chi connectivity index (χ0v) is 22.8. The van der Waals surface area contributed by atoms with Crippen LogP contribution in [0.25, 0.3) is 0 Å². The zero-order valence-electron chi connectivity index (χ0n) is 22.8. The summed E-state index contributed by atoms with van der Waals surface area (Å²) in [5.74, 6) is -6.54. The fourth-order valence-corrected chi connectivity index (χ4v) is 3.84. The molecule has 0 radical (unpaired) electrons. The third-order valence-corrected chi connectivity index (χ3v) is 6.56. The van der Waals surface area contributed by atoms with Gasteiger partial charge in [-0.15, -0.1) is 0 Å². The van der Waals surface area contributed by atoms with Crippen molar-refractivity contribution in [2.75, 3.05) is 0 Å². The van der Waals surface area contributed by atoms with Crippen molar-refractivity contribution in [1.29, 1.82) is 0 Å². The molecule has 5 atom stereocenters. The lowest BCUT2D eigenvalue weighted by Gasteiger charge is -2.33. The summed E-state index contributed by atoms with van der Waals surface area (Å²) in [6, 6.07) is 2.04. The van der Waals surface area contributed by atoms with Crippen molar-refractivity contribution in [1.82, 2.24) is 5.32 Å². The Bertz CT molecular complexity index is 1080. The van der Waals surface area contributed by atoms with Gasteiger partial charge in [0.25, 0.3) is 5.91 Å². The van der Waals surface area contributed by atoms with Crippen molar-refractivity contribution < 1.29 is 48.4 Å². The molecule has 1 heterocycles. The lowest BCUT2D eigenvalue weighted by molar-refractivity contribution is -0.186. The van der Waals surface area contributed by atoms with Crippen LogP contribution in [0.1, 0.15) is 71.7 Å². The van der Waals surface area contributed by atoms with Gasteiger partial charge in [0.05, 0.1) is 5.56 Å². The third kappa shape index (κ3) is 6.81. The van der Waals surface area contributed by atoms with Crippen LogP contribution in [-0.4, -0.2) is 64.2 Å². The smallest absolute Gasteiger partial charge is 0.348 e. The first-order valence-corrected chi connectivity index (χ1v) is 12.6. The maximum atomic E-state index is 13.4. The fourth-order valence-electron chi connectivity index (χ4n) is 3.84. The van der Waals surface area contributed by atoms with E-state index in [1.807, 2.05) is 13.8 Å². The van der Waals surface area contributed by atoms with E-state index in [1.165, 1.54) is 32.9 Å². The van der Waals surface area contributed by atoms with Gasteiger partial charge < -0.3 is 29.7 Å². The number of esters is 3. The molecule has 11 heteroatoms. The Hall–Kier alpha value is -3.63. The van der Waals surface area contributed by atoms with E-state index in [1.54, 1.807) is 13.8 Å². The Balaban J connectivity index is 2.54. The van der Waals surface area contributed by atoms with Crippen molar-refractivity contribution >= 4 is 29.6 Å². The van der Waals surface area contributed by atoms with E-state index in [-0.39, 0.29) is 17.9 Å². The number of nitrogens with one attached hydrogen (secondary N) is 1. The van der Waals surface area contributed by atoms with E-state index >= 15 is 0 Å². The van der Waals surface area contributed by atoms with Crippen molar-refractivity contribution in [2.45, 2.75) is 85.7 Å². The van der Waals surface area contributed by atoms with E-state index in [0.717, 1.165) is 6.07 Å². The highest BCUT2D eigenvalue weighted by Crippen LogP contribution is 2.30. The number of rotatable bonds is 6. The maximum absolute atomic E-state index is 13.4. The lowest BCUT2D eigenvalue weighted by atomic mass is 9.82. The quantitative estimate of drug-likeness (QED) is 0.213. The summed E-state index contributed by atoms with van der Waals surface area (Å²) in [5.41, 5.74) is -2.10.